The van der Waals surface area contributed by atoms with Gasteiger partial charge in [0.15, 0.2) is 5.76 Å². The average molecular weight is 358 g/mol. The zero-order valence-corrected chi connectivity index (χ0v) is 13.9. The first-order valence-electron chi connectivity index (χ1n) is 7.59. The first kappa shape index (κ1) is 16.9. The Hall–Kier alpha value is -2.93. The lowest BCUT2D eigenvalue weighted by atomic mass is 10.2. The molecule has 25 heavy (non-hydrogen) atoms. The summed E-state index contributed by atoms with van der Waals surface area (Å²) in [6.45, 7) is 0.594. The third-order valence-electron chi connectivity index (χ3n) is 3.40. The maximum absolute atomic E-state index is 13.0. The first-order chi connectivity index (χ1) is 12.1. The van der Waals surface area contributed by atoms with Crippen molar-refractivity contribution < 1.29 is 18.4 Å². The molecule has 0 spiro atoms. The van der Waals surface area contributed by atoms with Crippen LogP contribution in [0.3, 0.4) is 0 Å². The molecule has 5 nitrogen and oxygen atoms in total. The molecule has 0 fully saturated rings. The summed E-state index contributed by atoms with van der Waals surface area (Å²) in [5, 5.41) is 5.39. The Balaban J connectivity index is 1.49. The highest BCUT2D eigenvalue weighted by atomic mass is 32.1. The second-order valence-corrected chi connectivity index (χ2v) is 6.24. The second kappa shape index (κ2) is 7.76. The summed E-state index contributed by atoms with van der Waals surface area (Å²) in [5.74, 6) is -0.608. The number of nitrogens with one attached hydrogen (secondary N) is 2. The van der Waals surface area contributed by atoms with Gasteiger partial charge in [0, 0.05) is 18.0 Å². The molecule has 0 unspecified atom stereocenters. The van der Waals surface area contributed by atoms with Crippen molar-refractivity contribution in [3.05, 3.63) is 71.2 Å². The summed E-state index contributed by atoms with van der Waals surface area (Å²) < 4.78 is 17.9. The fourth-order valence-corrected chi connectivity index (χ4v) is 3.09. The number of hydrogen-bond donors (Lipinski definition) is 2. The van der Waals surface area contributed by atoms with Gasteiger partial charge in [0.1, 0.15) is 5.82 Å². The summed E-state index contributed by atoms with van der Waals surface area (Å²) in [4.78, 5) is 25.2. The van der Waals surface area contributed by atoms with Crippen LogP contribution in [0.2, 0.25) is 0 Å². The molecule has 0 aliphatic carbocycles. The third-order valence-corrected chi connectivity index (χ3v) is 4.53. The predicted octanol–water partition coefficient (Wildman–Crippen LogP) is 3.31. The van der Waals surface area contributed by atoms with E-state index >= 15 is 0 Å². The molecular formula is C18H15FN2O3S. The van der Waals surface area contributed by atoms with Crippen molar-refractivity contribution in [1.82, 2.24) is 10.6 Å². The minimum absolute atomic E-state index is 0.217. The van der Waals surface area contributed by atoms with Crippen LogP contribution in [0.4, 0.5) is 4.39 Å². The Bertz CT molecular complexity index is 857. The molecular weight excluding hydrogens is 343 g/mol. The number of carbonyl (C=O) groups is 2. The van der Waals surface area contributed by atoms with Gasteiger partial charge in [-0.25, -0.2) is 4.39 Å². The van der Waals surface area contributed by atoms with Crippen molar-refractivity contribution >= 4 is 23.2 Å². The largest absolute Gasteiger partial charge is 0.459 e. The molecule has 2 aromatic heterocycles. The summed E-state index contributed by atoms with van der Waals surface area (Å²) in [6.07, 6.45) is 1.42. The van der Waals surface area contributed by atoms with Crippen LogP contribution in [0.5, 0.6) is 0 Å². The smallest absolute Gasteiger partial charge is 0.287 e. The molecule has 2 N–H and O–H groups in total. The van der Waals surface area contributed by atoms with E-state index in [4.69, 9.17) is 4.42 Å². The molecule has 3 aromatic rings. The van der Waals surface area contributed by atoms with Gasteiger partial charge in [-0.1, -0.05) is 12.1 Å². The van der Waals surface area contributed by atoms with Crippen LogP contribution < -0.4 is 10.6 Å². The number of amides is 2. The van der Waals surface area contributed by atoms with Crippen molar-refractivity contribution in [2.24, 2.45) is 0 Å². The van der Waals surface area contributed by atoms with Gasteiger partial charge >= 0.3 is 0 Å². The van der Waals surface area contributed by atoms with Crippen molar-refractivity contribution in [3.8, 4) is 10.4 Å². The van der Waals surface area contributed by atoms with Crippen LogP contribution in [0, 0.1) is 5.82 Å². The highest BCUT2D eigenvalue weighted by molar-refractivity contribution is 7.17. The van der Waals surface area contributed by atoms with E-state index in [1.165, 1.54) is 29.7 Å². The highest BCUT2D eigenvalue weighted by Gasteiger charge is 2.11. The molecule has 0 saturated heterocycles. The molecule has 0 radical (unpaired) electrons. The zero-order chi connectivity index (χ0) is 17.6. The average Bonchev–Trinajstić information content (AvgIpc) is 3.30. The molecule has 128 valence electrons. The lowest BCUT2D eigenvalue weighted by Gasteiger charge is -2.05. The van der Waals surface area contributed by atoms with E-state index in [2.05, 4.69) is 10.6 Å². The van der Waals surface area contributed by atoms with E-state index in [-0.39, 0.29) is 23.4 Å². The van der Waals surface area contributed by atoms with Crippen LogP contribution in [-0.4, -0.2) is 24.9 Å². The van der Waals surface area contributed by atoms with Crippen LogP contribution in [-0.2, 0) is 0 Å². The van der Waals surface area contributed by atoms with Crippen molar-refractivity contribution in [2.75, 3.05) is 13.1 Å². The monoisotopic (exact) mass is 358 g/mol. The van der Waals surface area contributed by atoms with Gasteiger partial charge in [-0.3, -0.25) is 9.59 Å². The molecule has 7 heteroatoms. The molecule has 3 rings (SSSR count). The van der Waals surface area contributed by atoms with E-state index in [1.807, 2.05) is 6.07 Å². The van der Waals surface area contributed by atoms with Crippen LogP contribution in [0.15, 0.2) is 59.2 Å². The molecule has 0 aliphatic heterocycles. The van der Waals surface area contributed by atoms with Gasteiger partial charge in [-0.15, -0.1) is 11.3 Å². The minimum atomic E-state index is -0.325. The first-order valence-corrected chi connectivity index (χ1v) is 8.41. The van der Waals surface area contributed by atoms with Crippen molar-refractivity contribution in [1.29, 1.82) is 0 Å². The number of carbonyl (C=O) groups excluding carboxylic acids is 2. The van der Waals surface area contributed by atoms with Gasteiger partial charge < -0.3 is 15.1 Å². The third kappa shape index (κ3) is 4.33. The summed E-state index contributed by atoms with van der Waals surface area (Å²) in [7, 11) is 0. The highest BCUT2D eigenvalue weighted by Crippen LogP contribution is 2.28. The van der Waals surface area contributed by atoms with E-state index in [0.717, 1.165) is 10.4 Å². The Morgan fingerprint density at radius 2 is 1.68 bits per heavy atom. The minimum Gasteiger partial charge on any atom is -0.459 e. The summed E-state index contributed by atoms with van der Waals surface area (Å²) in [6, 6.07) is 12.9. The molecule has 0 bridgehead atoms. The molecule has 2 amide bonds. The quantitative estimate of drug-likeness (QED) is 0.664. The van der Waals surface area contributed by atoms with E-state index in [0.29, 0.717) is 18.0 Å². The Morgan fingerprint density at radius 3 is 2.36 bits per heavy atom. The molecule has 0 atom stereocenters. The number of thiophene rings is 1. The van der Waals surface area contributed by atoms with Gasteiger partial charge in [-0.2, -0.15) is 0 Å². The fraction of sp³-hybridized carbons (Fsp3) is 0.111. The van der Waals surface area contributed by atoms with Crippen LogP contribution in [0.25, 0.3) is 10.4 Å². The molecule has 2 heterocycles. The number of benzene rings is 1. The Morgan fingerprint density at radius 1 is 0.960 bits per heavy atom. The maximum atomic E-state index is 13.0. The summed E-state index contributed by atoms with van der Waals surface area (Å²) in [5.41, 5.74) is 0.858. The van der Waals surface area contributed by atoms with Gasteiger partial charge in [0.2, 0.25) is 0 Å². The van der Waals surface area contributed by atoms with Crippen molar-refractivity contribution in [3.63, 3.8) is 0 Å². The Labute approximate surface area is 147 Å². The van der Waals surface area contributed by atoms with Gasteiger partial charge in [0.05, 0.1) is 11.1 Å². The van der Waals surface area contributed by atoms with Gasteiger partial charge in [-0.05, 0) is 42.0 Å². The lowest BCUT2D eigenvalue weighted by molar-refractivity contribution is 0.0911. The van der Waals surface area contributed by atoms with E-state index < -0.39 is 0 Å². The molecule has 0 saturated carbocycles. The fourth-order valence-electron chi connectivity index (χ4n) is 2.16. The Kier molecular flexibility index (Phi) is 5.25. The number of hydrogen-bond acceptors (Lipinski definition) is 4. The van der Waals surface area contributed by atoms with E-state index in [1.54, 1.807) is 30.3 Å². The maximum Gasteiger partial charge on any atom is 0.287 e. The van der Waals surface area contributed by atoms with Crippen molar-refractivity contribution in [2.45, 2.75) is 0 Å². The summed E-state index contributed by atoms with van der Waals surface area (Å²) >= 11 is 1.33. The SMILES string of the molecule is O=C(NCCNC(=O)c1ccc(-c2ccc(F)cc2)s1)c1ccco1. The lowest BCUT2D eigenvalue weighted by Crippen LogP contribution is -2.34. The standard InChI is InChI=1S/C18H15FN2O3S/c19-13-5-3-12(4-6-13)15-7-8-16(25-15)18(23)21-10-9-20-17(22)14-2-1-11-24-14/h1-8,11H,9-10H2,(H,20,22)(H,21,23). The molecule has 0 aliphatic rings. The van der Waals surface area contributed by atoms with Gasteiger partial charge in [0.25, 0.3) is 11.8 Å². The number of furan rings is 1. The second-order valence-electron chi connectivity index (χ2n) is 5.16. The molecule has 1 aromatic carbocycles. The zero-order valence-electron chi connectivity index (χ0n) is 13.1. The van der Waals surface area contributed by atoms with E-state index in [9.17, 15) is 14.0 Å². The number of rotatable bonds is 6. The predicted molar refractivity (Wildman–Crippen MR) is 93.1 cm³/mol. The van der Waals surface area contributed by atoms with Crippen LogP contribution >= 0.6 is 11.3 Å². The number of halogens is 1. The topological polar surface area (TPSA) is 71.3 Å². The normalized spacial score (nSPS) is 10.4. The van der Waals surface area contributed by atoms with Crippen LogP contribution in [0.1, 0.15) is 20.2 Å².